The number of aryl methyl sites for hydroxylation is 1. The average Bonchev–Trinajstić information content (AvgIpc) is 2.45. The van der Waals surface area contributed by atoms with Gasteiger partial charge < -0.3 is 10.5 Å². The molecular weight excluding hydrogens is 288 g/mol. The molecule has 1 aliphatic heterocycles. The molecule has 21 heavy (non-hydrogen) atoms. The molecule has 1 aliphatic rings. The van der Waals surface area contributed by atoms with Crippen molar-refractivity contribution in [2.24, 2.45) is 0 Å². The van der Waals surface area contributed by atoms with Crippen LogP contribution in [0.25, 0.3) is 0 Å². The zero-order chi connectivity index (χ0) is 15.6. The zero-order valence-corrected chi connectivity index (χ0v) is 13.7. The van der Waals surface area contributed by atoms with Crippen LogP contribution in [-0.4, -0.2) is 38.5 Å². The van der Waals surface area contributed by atoms with Crippen molar-refractivity contribution in [3.8, 4) is 0 Å². The van der Waals surface area contributed by atoms with Crippen LogP contribution in [0.15, 0.2) is 17.0 Å². The van der Waals surface area contributed by atoms with E-state index in [4.69, 9.17) is 10.5 Å². The van der Waals surface area contributed by atoms with Crippen LogP contribution in [0.2, 0.25) is 0 Å². The van der Waals surface area contributed by atoms with E-state index in [1.165, 1.54) is 4.31 Å². The van der Waals surface area contributed by atoms with Gasteiger partial charge in [0.1, 0.15) is 0 Å². The third-order valence-electron chi connectivity index (χ3n) is 4.12. The zero-order valence-electron chi connectivity index (χ0n) is 12.9. The summed E-state index contributed by atoms with van der Waals surface area (Å²) in [7, 11) is -3.46. The second-order valence-electron chi connectivity index (χ2n) is 5.51. The average molecular weight is 312 g/mol. The molecule has 0 aliphatic carbocycles. The quantitative estimate of drug-likeness (QED) is 0.864. The molecule has 1 saturated heterocycles. The van der Waals surface area contributed by atoms with Gasteiger partial charge in [-0.05, 0) is 56.9 Å². The van der Waals surface area contributed by atoms with E-state index < -0.39 is 10.0 Å². The van der Waals surface area contributed by atoms with Crippen molar-refractivity contribution in [3.05, 3.63) is 23.3 Å². The summed E-state index contributed by atoms with van der Waals surface area (Å²) < 4.78 is 32.5. The predicted octanol–water partition coefficient (Wildman–Crippen LogP) is 2.08. The van der Waals surface area contributed by atoms with Gasteiger partial charge in [-0.3, -0.25) is 0 Å². The van der Waals surface area contributed by atoms with Crippen LogP contribution in [0.3, 0.4) is 0 Å². The van der Waals surface area contributed by atoms with Gasteiger partial charge in [-0.2, -0.15) is 4.31 Å². The van der Waals surface area contributed by atoms with E-state index in [0.717, 1.165) is 24.0 Å². The number of nitrogen functional groups attached to an aromatic ring is 1. The van der Waals surface area contributed by atoms with Gasteiger partial charge in [0.05, 0.1) is 11.0 Å². The van der Waals surface area contributed by atoms with Crippen LogP contribution >= 0.6 is 0 Å². The highest BCUT2D eigenvalue weighted by molar-refractivity contribution is 7.89. The number of piperidine rings is 1. The van der Waals surface area contributed by atoms with E-state index in [9.17, 15) is 8.42 Å². The first-order chi connectivity index (χ1) is 9.86. The molecule has 0 unspecified atom stereocenters. The van der Waals surface area contributed by atoms with Crippen LogP contribution < -0.4 is 5.73 Å². The molecule has 0 spiro atoms. The summed E-state index contributed by atoms with van der Waals surface area (Å²) in [5.41, 5.74) is 8.27. The number of hydrogen-bond donors (Lipinski definition) is 1. The molecule has 118 valence electrons. The monoisotopic (exact) mass is 312 g/mol. The fraction of sp³-hybridized carbons (Fsp3) is 0.600. The Morgan fingerprint density at radius 3 is 2.43 bits per heavy atom. The standard InChI is InChI=1S/C15H24N2O3S/c1-4-20-13-5-7-17(8-6-13)21(18,19)14-9-11(2)12(3)15(16)10-14/h9-10,13H,4-8,16H2,1-3H3. The number of nitrogens with two attached hydrogens (primary N) is 1. The highest BCUT2D eigenvalue weighted by Gasteiger charge is 2.30. The van der Waals surface area contributed by atoms with Crippen molar-refractivity contribution < 1.29 is 13.2 Å². The summed E-state index contributed by atoms with van der Waals surface area (Å²) in [5, 5.41) is 0. The minimum atomic E-state index is -3.46. The fourth-order valence-electron chi connectivity index (χ4n) is 2.63. The number of rotatable bonds is 4. The first-order valence-corrected chi connectivity index (χ1v) is 8.78. The number of benzene rings is 1. The van der Waals surface area contributed by atoms with Crippen molar-refractivity contribution in [2.75, 3.05) is 25.4 Å². The summed E-state index contributed by atoms with van der Waals surface area (Å²) >= 11 is 0. The Morgan fingerprint density at radius 2 is 1.90 bits per heavy atom. The lowest BCUT2D eigenvalue weighted by molar-refractivity contribution is 0.0290. The molecule has 0 aromatic heterocycles. The summed E-state index contributed by atoms with van der Waals surface area (Å²) in [4.78, 5) is 0.290. The highest BCUT2D eigenvalue weighted by Crippen LogP contribution is 2.26. The number of anilines is 1. The molecule has 2 rings (SSSR count). The fourth-order valence-corrected chi connectivity index (χ4v) is 4.22. The second-order valence-corrected chi connectivity index (χ2v) is 7.45. The van der Waals surface area contributed by atoms with Crippen LogP contribution in [0.1, 0.15) is 30.9 Å². The molecule has 1 aromatic rings. The van der Waals surface area contributed by atoms with Crippen molar-refractivity contribution in [2.45, 2.75) is 44.6 Å². The molecule has 0 atom stereocenters. The predicted molar refractivity (Wildman–Crippen MR) is 83.7 cm³/mol. The van der Waals surface area contributed by atoms with Gasteiger partial charge in [0.2, 0.25) is 10.0 Å². The maximum atomic E-state index is 12.7. The van der Waals surface area contributed by atoms with E-state index in [1.807, 2.05) is 20.8 Å². The van der Waals surface area contributed by atoms with E-state index >= 15 is 0 Å². The van der Waals surface area contributed by atoms with E-state index in [-0.39, 0.29) is 11.0 Å². The Balaban J connectivity index is 2.20. The van der Waals surface area contributed by atoms with E-state index in [2.05, 4.69) is 0 Å². The molecule has 0 saturated carbocycles. The summed E-state index contributed by atoms with van der Waals surface area (Å²) in [6, 6.07) is 3.27. The molecule has 2 N–H and O–H groups in total. The van der Waals surface area contributed by atoms with Crippen molar-refractivity contribution >= 4 is 15.7 Å². The minimum Gasteiger partial charge on any atom is -0.398 e. The Kier molecular flexibility index (Phi) is 4.91. The Labute approximate surface area is 127 Å². The number of sulfonamides is 1. The molecular formula is C15H24N2O3S. The topological polar surface area (TPSA) is 72.6 Å². The van der Waals surface area contributed by atoms with Crippen LogP contribution in [0.4, 0.5) is 5.69 Å². The van der Waals surface area contributed by atoms with Gasteiger partial charge in [0, 0.05) is 25.4 Å². The molecule has 0 amide bonds. The van der Waals surface area contributed by atoms with Gasteiger partial charge in [-0.15, -0.1) is 0 Å². The minimum absolute atomic E-state index is 0.172. The lowest BCUT2D eigenvalue weighted by Crippen LogP contribution is -2.40. The Hall–Kier alpha value is -1.11. The molecule has 0 bridgehead atoms. The number of ether oxygens (including phenoxy) is 1. The van der Waals surface area contributed by atoms with Gasteiger partial charge in [-0.1, -0.05) is 0 Å². The van der Waals surface area contributed by atoms with Crippen LogP contribution in [0, 0.1) is 13.8 Å². The van der Waals surface area contributed by atoms with Gasteiger partial charge in [-0.25, -0.2) is 8.42 Å². The van der Waals surface area contributed by atoms with Crippen molar-refractivity contribution in [1.82, 2.24) is 4.31 Å². The van der Waals surface area contributed by atoms with Crippen molar-refractivity contribution in [1.29, 1.82) is 0 Å². The summed E-state index contributed by atoms with van der Waals surface area (Å²) in [5.74, 6) is 0. The summed E-state index contributed by atoms with van der Waals surface area (Å²) in [6.45, 7) is 7.41. The number of nitrogens with zero attached hydrogens (tertiary/aromatic N) is 1. The molecule has 5 nitrogen and oxygen atoms in total. The lowest BCUT2D eigenvalue weighted by atomic mass is 10.1. The van der Waals surface area contributed by atoms with Gasteiger partial charge >= 0.3 is 0 Å². The largest absolute Gasteiger partial charge is 0.398 e. The third kappa shape index (κ3) is 3.39. The maximum absolute atomic E-state index is 12.7. The molecule has 0 radical (unpaired) electrons. The summed E-state index contributed by atoms with van der Waals surface area (Å²) in [6.07, 6.45) is 1.66. The van der Waals surface area contributed by atoms with E-state index in [0.29, 0.717) is 25.4 Å². The maximum Gasteiger partial charge on any atom is 0.243 e. The number of hydrogen-bond acceptors (Lipinski definition) is 4. The van der Waals surface area contributed by atoms with E-state index in [1.54, 1.807) is 12.1 Å². The normalized spacial score (nSPS) is 18.0. The SMILES string of the molecule is CCOC1CCN(S(=O)(=O)c2cc(C)c(C)c(N)c2)CC1. The smallest absolute Gasteiger partial charge is 0.243 e. The molecule has 1 aromatic carbocycles. The van der Waals surface area contributed by atoms with Crippen LogP contribution in [-0.2, 0) is 14.8 Å². The molecule has 6 heteroatoms. The molecule has 1 heterocycles. The van der Waals surface area contributed by atoms with Gasteiger partial charge in [0.25, 0.3) is 0 Å². The molecule has 1 fully saturated rings. The third-order valence-corrected chi connectivity index (χ3v) is 6.00. The Bertz CT molecular complexity index is 582. The van der Waals surface area contributed by atoms with Gasteiger partial charge in [0.15, 0.2) is 0 Å². The van der Waals surface area contributed by atoms with Crippen LogP contribution in [0.5, 0.6) is 0 Å². The Morgan fingerprint density at radius 1 is 1.29 bits per heavy atom. The first-order valence-electron chi connectivity index (χ1n) is 7.34. The second kappa shape index (κ2) is 6.34. The highest BCUT2D eigenvalue weighted by atomic mass is 32.2. The first kappa shape index (κ1) is 16.3. The van der Waals surface area contributed by atoms with Crippen molar-refractivity contribution in [3.63, 3.8) is 0 Å². The lowest BCUT2D eigenvalue weighted by Gasteiger charge is -2.31.